The van der Waals surface area contributed by atoms with Crippen LogP contribution >= 0.6 is 0 Å². The van der Waals surface area contributed by atoms with E-state index in [2.05, 4.69) is 9.72 Å². The Kier molecular flexibility index (Phi) is 2.93. The molecule has 0 spiro atoms. The molecule has 0 saturated carbocycles. The zero-order chi connectivity index (χ0) is 14.2. The number of nitrogens with one attached hydrogen (secondary N) is 1. The number of aromatic amines is 1. The molecule has 19 heavy (non-hydrogen) atoms. The second-order valence-electron chi connectivity index (χ2n) is 3.59. The molecule has 0 bridgehead atoms. The number of alkyl halides is 3. The van der Waals surface area contributed by atoms with Gasteiger partial charge in [-0.05, 0) is 12.1 Å². The van der Waals surface area contributed by atoms with Gasteiger partial charge in [-0.15, -0.1) is 13.2 Å². The number of aromatic carboxylic acids is 1. The van der Waals surface area contributed by atoms with Crippen molar-refractivity contribution in [1.82, 2.24) is 4.98 Å². The lowest BCUT2D eigenvalue weighted by molar-refractivity contribution is -0.274. The summed E-state index contributed by atoms with van der Waals surface area (Å²) < 4.78 is 39.7. The molecule has 0 aliphatic carbocycles. The molecule has 0 amide bonds. The van der Waals surface area contributed by atoms with Gasteiger partial charge in [0, 0.05) is 17.6 Å². The predicted molar refractivity (Wildman–Crippen MR) is 58.2 cm³/mol. The highest BCUT2D eigenvalue weighted by atomic mass is 19.4. The molecule has 5 nitrogen and oxygen atoms in total. The number of ether oxygens (including phenoxy) is 1. The SMILES string of the molecule is O=C(O)c1c[nH]c2cc(OC(F)(F)F)ccc2c1=O. The second kappa shape index (κ2) is 4.30. The Morgan fingerprint density at radius 1 is 1.32 bits per heavy atom. The van der Waals surface area contributed by atoms with Gasteiger partial charge in [0.05, 0.1) is 5.52 Å². The number of carboxylic acid groups (broad SMARTS) is 1. The summed E-state index contributed by atoms with van der Waals surface area (Å²) >= 11 is 0. The van der Waals surface area contributed by atoms with Crippen molar-refractivity contribution >= 4 is 16.9 Å². The highest BCUT2D eigenvalue weighted by Gasteiger charge is 2.31. The van der Waals surface area contributed by atoms with Gasteiger partial charge in [-0.2, -0.15) is 0 Å². The van der Waals surface area contributed by atoms with Crippen molar-refractivity contribution in [2.45, 2.75) is 6.36 Å². The fourth-order valence-corrected chi connectivity index (χ4v) is 1.56. The van der Waals surface area contributed by atoms with Gasteiger partial charge >= 0.3 is 12.3 Å². The average molecular weight is 273 g/mol. The van der Waals surface area contributed by atoms with Crippen LogP contribution in [-0.4, -0.2) is 22.4 Å². The lowest BCUT2D eigenvalue weighted by Gasteiger charge is -2.09. The number of halogens is 3. The molecule has 2 N–H and O–H groups in total. The summed E-state index contributed by atoms with van der Waals surface area (Å²) in [5.74, 6) is -1.92. The smallest absolute Gasteiger partial charge is 0.477 e. The number of hydrogen-bond donors (Lipinski definition) is 2. The maximum atomic E-state index is 12.0. The van der Waals surface area contributed by atoms with Gasteiger partial charge in [0.25, 0.3) is 0 Å². The number of carboxylic acids is 1. The van der Waals surface area contributed by atoms with Gasteiger partial charge in [0.2, 0.25) is 5.43 Å². The molecule has 0 radical (unpaired) electrons. The Morgan fingerprint density at radius 2 is 2.00 bits per heavy atom. The third-order valence-corrected chi connectivity index (χ3v) is 2.32. The molecule has 0 fully saturated rings. The van der Waals surface area contributed by atoms with Gasteiger partial charge < -0.3 is 14.8 Å². The topological polar surface area (TPSA) is 79.4 Å². The summed E-state index contributed by atoms with van der Waals surface area (Å²) in [4.78, 5) is 24.9. The molecule has 100 valence electrons. The fraction of sp³-hybridized carbons (Fsp3) is 0.0909. The molecule has 0 atom stereocenters. The number of benzene rings is 1. The van der Waals surface area contributed by atoms with Crippen molar-refractivity contribution < 1.29 is 27.8 Å². The lowest BCUT2D eigenvalue weighted by Crippen LogP contribution is -2.18. The van der Waals surface area contributed by atoms with E-state index < -0.39 is 29.1 Å². The number of rotatable bonds is 2. The molecular weight excluding hydrogens is 267 g/mol. The molecule has 1 aromatic carbocycles. The number of aromatic nitrogens is 1. The van der Waals surface area contributed by atoms with Gasteiger partial charge in [0.1, 0.15) is 11.3 Å². The van der Waals surface area contributed by atoms with Crippen molar-refractivity contribution in [3.63, 3.8) is 0 Å². The second-order valence-corrected chi connectivity index (χ2v) is 3.59. The first kappa shape index (κ1) is 12.9. The van der Waals surface area contributed by atoms with E-state index in [1.165, 1.54) is 0 Å². The van der Waals surface area contributed by atoms with E-state index in [-0.39, 0.29) is 10.9 Å². The van der Waals surface area contributed by atoms with Gasteiger partial charge in [-0.1, -0.05) is 0 Å². The van der Waals surface area contributed by atoms with Crippen LogP contribution in [-0.2, 0) is 0 Å². The van der Waals surface area contributed by atoms with Crippen LogP contribution in [0.15, 0.2) is 29.2 Å². The molecule has 0 aliphatic heterocycles. The third kappa shape index (κ3) is 2.67. The first-order valence-electron chi connectivity index (χ1n) is 4.92. The van der Waals surface area contributed by atoms with Gasteiger partial charge in [-0.3, -0.25) is 4.79 Å². The number of hydrogen-bond acceptors (Lipinski definition) is 3. The first-order valence-corrected chi connectivity index (χ1v) is 4.92. The Labute approximate surface area is 103 Å². The van der Waals surface area contributed by atoms with E-state index in [1.54, 1.807) is 0 Å². The Bertz CT molecular complexity index is 705. The molecule has 8 heteroatoms. The maximum absolute atomic E-state index is 12.0. The zero-order valence-corrected chi connectivity index (χ0v) is 9.12. The Balaban J connectivity index is 2.55. The van der Waals surface area contributed by atoms with E-state index in [0.717, 1.165) is 24.4 Å². The van der Waals surface area contributed by atoms with Crippen LogP contribution in [0.4, 0.5) is 13.2 Å². The lowest BCUT2D eigenvalue weighted by atomic mass is 10.1. The maximum Gasteiger partial charge on any atom is 0.573 e. The molecule has 2 rings (SSSR count). The van der Waals surface area contributed by atoms with Crippen molar-refractivity contribution in [2.75, 3.05) is 0 Å². The zero-order valence-electron chi connectivity index (χ0n) is 9.12. The standard InChI is InChI=1S/C11H6F3NO4/c12-11(13,14)19-5-1-2-6-8(3-5)15-4-7(9(6)16)10(17)18/h1-4H,(H,15,16)(H,17,18). The molecule has 0 saturated heterocycles. The Morgan fingerprint density at radius 3 is 2.58 bits per heavy atom. The minimum Gasteiger partial charge on any atom is -0.477 e. The molecule has 0 aliphatic rings. The van der Waals surface area contributed by atoms with Crippen molar-refractivity contribution in [1.29, 1.82) is 0 Å². The van der Waals surface area contributed by atoms with E-state index in [9.17, 15) is 22.8 Å². The summed E-state index contributed by atoms with van der Waals surface area (Å²) in [5, 5.41) is 8.71. The Hall–Kier alpha value is -2.51. The molecule has 2 aromatic rings. The van der Waals surface area contributed by atoms with Gasteiger partial charge in [-0.25, -0.2) is 4.79 Å². The van der Waals surface area contributed by atoms with Crippen LogP contribution in [0.2, 0.25) is 0 Å². The predicted octanol–water partition coefficient (Wildman–Crippen LogP) is 2.12. The monoisotopic (exact) mass is 273 g/mol. The summed E-state index contributed by atoms with van der Waals surface area (Å²) in [6.45, 7) is 0. The van der Waals surface area contributed by atoms with Crippen molar-refractivity contribution in [3.8, 4) is 5.75 Å². The highest BCUT2D eigenvalue weighted by Crippen LogP contribution is 2.24. The third-order valence-electron chi connectivity index (χ3n) is 2.32. The molecule has 1 aromatic heterocycles. The number of H-pyrrole nitrogens is 1. The van der Waals surface area contributed by atoms with Crippen LogP contribution in [0.5, 0.6) is 5.75 Å². The van der Waals surface area contributed by atoms with E-state index in [1.807, 2.05) is 0 Å². The highest BCUT2D eigenvalue weighted by molar-refractivity contribution is 5.92. The minimum absolute atomic E-state index is 0.0329. The van der Waals surface area contributed by atoms with Crippen LogP contribution in [0.3, 0.4) is 0 Å². The number of fused-ring (bicyclic) bond motifs is 1. The fourth-order valence-electron chi connectivity index (χ4n) is 1.56. The molecule has 0 unspecified atom stereocenters. The van der Waals surface area contributed by atoms with Gasteiger partial charge in [0.15, 0.2) is 0 Å². The summed E-state index contributed by atoms with van der Waals surface area (Å²) in [6, 6.07) is 2.98. The quantitative estimate of drug-likeness (QED) is 0.878. The summed E-state index contributed by atoms with van der Waals surface area (Å²) in [7, 11) is 0. The summed E-state index contributed by atoms with van der Waals surface area (Å²) in [6.07, 6.45) is -3.92. The number of pyridine rings is 1. The van der Waals surface area contributed by atoms with Crippen molar-refractivity contribution in [2.24, 2.45) is 0 Å². The van der Waals surface area contributed by atoms with E-state index >= 15 is 0 Å². The van der Waals surface area contributed by atoms with E-state index in [0.29, 0.717) is 0 Å². The van der Waals surface area contributed by atoms with Crippen LogP contribution < -0.4 is 10.2 Å². The van der Waals surface area contributed by atoms with Crippen LogP contribution in [0.1, 0.15) is 10.4 Å². The van der Waals surface area contributed by atoms with Crippen molar-refractivity contribution in [3.05, 3.63) is 40.2 Å². The van der Waals surface area contributed by atoms with E-state index in [4.69, 9.17) is 5.11 Å². The number of carbonyl (C=O) groups is 1. The average Bonchev–Trinajstić information content (AvgIpc) is 2.26. The molecular formula is C11H6F3NO4. The normalized spacial score (nSPS) is 11.5. The van der Waals surface area contributed by atoms with Crippen LogP contribution in [0, 0.1) is 0 Å². The first-order chi connectivity index (χ1) is 8.78. The summed E-state index contributed by atoms with van der Waals surface area (Å²) in [5.41, 5.74) is -1.21. The van der Waals surface area contributed by atoms with Crippen LogP contribution in [0.25, 0.3) is 10.9 Å². The largest absolute Gasteiger partial charge is 0.573 e. The minimum atomic E-state index is -4.84. The molecule has 1 heterocycles.